The van der Waals surface area contributed by atoms with E-state index in [4.69, 9.17) is 20.9 Å². The Hall–Kier alpha value is -3.97. The molecule has 0 aliphatic heterocycles. The number of anilines is 1. The third kappa shape index (κ3) is 5.77. The van der Waals surface area contributed by atoms with Crippen LogP contribution >= 0.6 is 0 Å². The van der Waals surface area contributed by atoms with Crippen molar-refractivity contribution in [3.63, 3.8) is 0 Å². The molecule has 3 aromatic rings. The fourth-order valence-electron chi connectivity index (χ4n) is 2.58. The second kappa shape index (κ2) is 9.69. The first-order valence-corrected chi connectivity index (χ1v) is 10.8. The Morgan fingerprint density at radius 1 is 0.806 bits per heavy atom. The van der Waals surface area contributed by atoms with Crippen molar-refractivity contribution in [3.05, 3.63) is 110 Å². The first-order chi connectivity index (χ1) is 14.9. The minimum Gasteiger partial charge on any atom is -0.465 e. The van der Waals surface area contributed by atoms with E-state index < -0.39 is 9.84 Å². The first kappa shape index (κ1) is 21.7. The Bertz CT molecular complexity index is 1200. The molecular weight excluding hydrogens is 412 g/mol. The van der Waals surface area contributed by atoms with Crippen LogP contribution in [-0.2, 0) is 9.84 Å². The second-order valence-corrected chi connectivity index (χ2v) is 8.39. The molecule has 6 nitrogen and oxygen atoms in total. The van der Waals surface area contributed by atoms with E-state index in [2.05, 4.69) is 6.58 Å². The molecule has 3 aromatic carbocycles. The van der Waals surface area contributed by atoms with Gasteiger partial charge in [0.2, 0.25) is 9.84 Å². The smallest absolute Gasteiger partial charge is 0.206 e. The lowest BCUT2D eigenvalue weighted by Gasteiger charge is -2.09. The molecule has 0 atom stereocenters. The van der Waals surface area contributed by atoms with Crippen LogP contribution < -0.4 is 20.9 Å². The van der Waals surface area contributed by atoms with Gasteiger partial charge in [-0.1, -0.05) is 12.7 Å². The Morgan fingerprint density at radius 3 is 1.81 bits per heavy atom. The number of sulfone groups is 1. The second-order valence-electron chi connectivity index (χ2n) is 6.44. The number of rotatable bonds is 8. The number of hydrogen-bond donors (Lipinski definition) is 2. The van der Waals surface area contributed by atoms with Crippen molar-refractivity contribution in [2.45, 2.75) is 9.79 Å². The van der Waals surface area contributed by atoms with E-state index in [1.165, 1.54) is 30.5 Å². The zero-order chi connectivity index (χ0) is 22.3. The number of nitrogens with two attached hydrogens (primary N) is 2. The van der Waals surface area contributed by atoms with Gasteiger partial charge in [-0.15, -0.1) is 0 Å². The molecule has 31 heavy (non-hydrogen) atoms. The zero-order valence-corrected chi connectivity index (χ0v) is 17.5. The van der Waals surface area contributed by atoms with E-state index in [0.717, 1.165) is 0 Å². The topological polar surface area (TPSA) is 105 Å². The predicted octanol–water partition coefficient (Wildman–Crippen LogP) is 4.82. The van der Waals surface area contributed by atoms with Crippen LogP contribution in [-0.4, -0.2) is 8.42 Å². The van der Waals surface area contributed by atoms with Gasteiger partial charge in [-0.25, -0.2) is 8.42 Å². The summed E-state index contributed by atoms with van der Waals surface area (Å²) in [4.78, 5) is 0.315. The minimum atomic E-state index is -3.68. The number of allylic oxidation sites excluding steroid dienone is 3. The molecule has 0 radical (unpaired) electrons. The molecule has 0 saturated heterocycles. The van der Waals surface area contributed by atoms with E-state index in [9.17, 15) is 8.42 Å². The summed E-state index contributed by atoms with van der Waals surface area (Å²) in [5.41, 5.74) is 12.5. The van der Waals surface area contributed by atoms with Crippen LogP contribution in [0.4, 0.5) is 5.69 Å². The molecule has 0 heterocycles. The number of hydrogen-bond acceptors (Lipinski definition) is 6. The van der Waals surface area contributed by atoms with Gasteiger partial charge >= 0.3 is 0 Å². The Balaban J connectivity index is 1.70. The molecule has 3 rings (SSSR count). The Kier molecular flexibility index (Phi) is 6.79. The van der Waals surface area contributed by atoms with Gasteiger partial charge < -0.3 is 20.9 Å². The minimum absolute atomic E-state index is 0.155. The van der Waals surface area contributed by atoms with Crippen molar-refractivity contribution in [2.75, 3.05) is 5.73 Å². The quantitative estimate of drug-likeness (QED) is 0.299. The summed E-state index contributed by atoms with van der Waals surface area (Å²) in [6.45, 7) is 3.55. The highest BCUT2D eigenvalue weighted by Gasteiger charge is 2.17. The number of ether oxygens (including phenoxy) is 2. The third-order valence-corrected chi connectivity index (χ3v) is 5.94. The molecule has 0 fully saturated rings. The van der Waals surface area contributed by atoms with Gasteiger partial charge in [0.1, 0.15) is 17.2 Å². The lowest BCUT2D eigenvalue weighted by atomic mass is 10.3. The van der Waals surface area contributed by atoms with Crippen LogP contribution in [0.5, 0.6) is 17.2 Å². The predicted molar refractivity (Wildman–Crippen MR) is 121 cm³/mol. The van der Waals surface area contributed by atoms with E-state index >= 15 is 0 Å². The fourth-order valence-corrected chi connectivity index (χ4v) is 3.84. The summed E-state index contributed by atoms with van der Waals surface area (Å²) < 4.78 is 36.9. The molecule has 0 aromatic heterocycles. The van der Waals surface area contributed by atoms with Crippen molar-refractivity contribution in [3.8, 4) is 17.2 Å². The summed E-state index contributed by atoms with van der Waals surface area (Å²) in [7, 11) is -3.68. The van der Waals surface area contributed by atoms with Crippen molar-refractivity contribution in [1.29, 1.82) is 0 Å². The Labute approximate surface area is 181 Å². The maximum atomic E-state index is 12.9. The van der Waals surface area contributed by atoms with Gasteiger partial charge in [0.05, 0.1) is 16.1 Å². The molecule has 0 amide bonds. The van der Waals surface area contributed by atoms with Crippen LogP contribution in [0.3, 0.4) is 0 Å². The lowest BCUT2D eigenvalue weighted by Crippen LogP contribution is -2.02. The van der Waals surface area contributed by atoms with Crippen molar-refractivity contribution in [2.24, 2.45) is 5.73 Å². The largest absolute Gasteiger partial charge is 0.465 e. The zero-order valence-electron chi connectivity index (χ0n) is 16.6. The molecule has 4 N–H and O–H groups in total. The highest BCUT2D eigenvalue weighted by Crippen LogP contribution is 2.27. The summed E-state index contributed by atoms with van der Waals surface area (Å²) in [5.74, 6) is 1.61. The van der Waals surface area contributed by atoms with Crippen LogP contribution in [0.15, 0.2) is 119 Å². The van der Waals surface area contributed by atoms with Crippen molar-refractivity contribution < 1.29 is 17.9 Å². The van der Waals surface area contributed by atoms with Gasteiger partial charge in [-0.05, 0) is 84.9 Å². The highest BCUT2D eigenvalue weighted by molar-refractivity contribution is 7.91. The molecule has 0 spiro atoms. The van der Waals surface area contributed by atoms with E-state index in [0.29, 0.717) is 28.6 Å². The molecular formula is C24H22N2O4S. The Morgan fingerprint density at radius 2 is 1.29 bits per heavy atom. The number of benzene rings is 3. The number of nitrogen functional groups attached to an aromatic ring is 1. The summed E-state index contributed by atoms with van der Waals surface area (Å²) in [5, 5.41) is 0. The van der Waals surface area contributed by atoms with E-state index in [1.807, 2.05) is 0 Å². The highest BCUT2D eigenvalue weighted by atomic mass is 32.2. The summed E-state index contributed by atoms with van der Waals surface area (Å²) >= 11 is 0. The van der Waals surface area contributed by atoms with Gasteiger partial charge in [-0.2, -0.15) is 0 Å². The molecule has 0 aliphatic carbocycles. The first-order valence-electron chi connectivity index (χ1n) is 9.28. The summed E-state index contributed by atoms with van der Waals surface area (Å²) in [6.07, 6.45) is 6.18. The average molecular weight is 435 g/mol. The molecule has 158 valence electrons. The molecule has 0 unspecified atom stereocenters. The standard InChI is InChI=1S/C24H22N2O4S/c1-2-3-18(25)16-17-29-20-8-12-23(13-9-20)31(27,28)24-14-10-22(11-15-24)30-21-6-4-19(26)5-7-21/h2-17H,1,25-26H2/b17-16-,18-3+. The van der Waals surface area contributed by atoms with Crippen molar-refractivity contribution in [1.82, 2.24) is 0 Å². The maximum Gasteiger partial charge on any atom is 0.206 e. The monoisotopic (exact) mass is 434 g/mol. The SMILES string of the molecule is C=C/C=C(N)\C=C/Oc1ccc(S(=O)(=O)c2ccc(Oc3ccc(N)cc3)cc2)cc1. The van der Waals surface area contributed by atoms with E-state index in [-0.39, 0.29) is 9.79 Å². The normalized spacial score (nSPS) is 11.9. The molecule has 0 aliphatic rings. The lowest BCUT2D eigenvalue weighted by molar-refractivity contribution is 0.480. The molecule has 0 bridgehead atoms. The van der Waals surface area contributed by atoms with Gasteiger partial charge in [0, 0.05) is 11.4 Å². The molecule has 7 heteroatoms. The fraction of sp³-hybridized carbons (Fsp3) is 0. The third-order valence-electron chi connectivity index (χ3n) is 4.16. The van der Waals surface area contributed by atoms with Crippen LogP contribution in [0.1, 0.15) is 0 Å². The van der Waals surface area contributed by atoms with Crippen LogP contribution in [0, 0.1) is 0 Å². The van der Waals surface area contributed by atoms with Crippen LogP contribution in [0.25, 0.3) is 0 Å². The maximum absolute atomic E-state index is 12.9. The van der Waals surface area contributed by atoms with Crippen molar-refractivity contribution >= 4 is 15.5 Å². The van der Waals surface area contributed by atoms with Gasteiger partial charge in [-0.3, -0.25) is 0 Å². The van der Waals surface area contributed by atoms with Gasteiger partial charge in [0.15, 0.2) is 0 Å². The summed E-state index contributed by atoms with van der Waals surface area (Å²) in [6, 6.07) is 19.3. The molecule has 0 saturated carbocycles. The van der Waals surface area contributed by atoms with E-state index in [1.54, 1.807) is 66.8 Å². The van der Waals surface area contributed by atoms with Gasteiger partial charge in [0.25, 0.3) is 0 Å². The average Bonchev–Trinajstić information content (AvgIpc) is 2.76. The van der Waals surface area contributed by atoms with Crippen LogP contribution in [0.2, 0.25) is 0 Å².